The maximum absolute atomic E-state index is 3.50. The Morgan fingerprint density at radius 3 is 2.65 bits per heavy atom. The van der Waals surface area contributed by atoms with Crippen molar-refractivity contribution in [2.24, 2.45) is 0 Å². The highest BCUT2D eigenvalue weighted by Gasteiger charge is 2.10. The van der Waals surface area contributed by atoms with Gasteiger partial charge in [0.25, 0.3) is 0 Å². The topological polar surface area (TPSA) is 12.0 Å². The van der Waals surface area contributed by atoms with Crippen LogP contribution in [0.15, 0.2) is 12.1 Å². The number of hydrogen-bond donors (Lipinski definition) is 1. The first-order valence-electron chi connectivity index (χ1n) is 6.33. The summed E-state index contributed by atoms with van der Waals surface area (Å²) in [6, 6.07) is 4.60. The second-order valence-corrected chi connectivity index (χ2v) is 5.89. The lowest BCUT2D eigenvalue weighted by molar-refractivity contribution is 0.680. The Morgan fingerprint density at radius 2 is 1.94 bits per heavy atom. The highest BCUT2D eigenvalue weighted by molar-refractivity contribution is 7.19. The molecule has 1 nitrogen and oxygen atoms in total. The minimum absolute atomic E-state index is 1.01. The van der Waals surface area contributed by atoms with Crippen molar-refractivity contribution in [3.63, 3.8) is 0 Å². The number of thiophene rings is 1. The Hall–Kier alpha value is -0.860. The molecule has 2 aromatic rings. The van der Waals surface area contributed by atoms with Gasteiger partial charge in [-0.3, -0.25) is 0 Å². The predicted molar refractivity (Wildman–Crippen MR) is 78.0 cm³/mol. The van der Waals surface area contributed by atoms with Crippen molar-refractivity contribution in [1.82, 2.24) is 5.32 Å². The van der Waals surface area contributed by atoms with Crippen LogP contribution in [0.4, 0.5) is 0 Å². The van der Waals surface area contributed by atoms with Crippen molar-refractivity contribution in [3.05, 3.63) is 33.7 Å². The molecular weight excluding hydrogens is 226 g/mol. The third kappa shape index (κ3) is 2.53. The lowest BCUT2D eigenvalue weighted by Crippen LogP contribution is -2.13. The molecule has 2 rings (SSSR count). The van der Waals surface area contributed by atoms with Crippen molar-refractivity contribution in [3.8, 4) is 0 Å². The van der Waals surface area contributed by atoms with Gasteiger partial charge in [-0.25, -0.2) is 0 Å². The fraction of sp³-hybridized carbons (Fsp3) is 0.467. The normalized spacial score (nSPS) is 11.3. The van der Waals surface area contributed by atoms with Gasteiger partial charge < -0.3 is 5.32 Å². The van der Waals surface area contributed by atoms with Gasteiger partial charge in [-0.15, -0.1) is 11.3 Å². The van der Waals surface area contributed by atoms with Gasteiger partial charge in [0.1, 0.15) is 0 Å². The van der Waals surface area contributed by atoms with Crippen LogP contribution in [0.1, 0.15) is 34.9 Å². The third-order valence-corrected chi connectivity index (χ3v) is 4.62. The monoisotopic (exact) mass is 247 g/mol. The Balaban J connectivity index is 2.39. The molecule has 17 heavy (non-hydrogen) atoms. The maximum Gasteiger partial charge on any atom is 0.0378 e. The van der Waals surface area contributed by atoms with Gasteiger partial charge in [-0.2, -0.15) is 0 Å². The van der Waals surface area contributed by atoms with E-state index in [0.29, 0.717) is 0 Å². The molecule has 0 aliphatic rings. The molecule has 0 amide bonds. The minimum Gasteiger partial charge on any atom is -0.312 e. The molecule has 1 N–H and O–H groups in total. The largest absolute Gasteiger partial charge is 0.312 e. The smallest absolute Gasteiger partial charge is 0.0378 e. The van der Waals surface area contributed by atoms with Gasteiger partial charge in [-0.05, 0) is 50.2 Å². The van der Waals surface area contributed by atoms with E-state index in [9.17, 15) is 0 Å². The average Bonchev–Trinajstić information content (AvgIpc) is 2.58. The van der Waals surface area contributed by atoms with Crippen LogP contribution < -0.4 is 5.32 Å². The molecule has 0 radical (unpaired) electrons. The first-order chi connectivity index (χ1) is 8.13. The zero-order valence-electron chi connectivity index (χ0n) is 11.2. The fourth-order valence-electron chi connectivity index (χ4n) is 2.27. The summed E-state index contributed by atoms with van der Waals surface area (Å²) in [5, 5.41) is 4.94. The zero-order chi connectivity index (χ0) is 12.4. The fourth-order valence-corrected chi connectivity index (χ4v) is 3.49. The summed E-state index contributed by atoms with van der Waals surface area (Å²) in [6.45, 7) is 11.0. The summed E-state index contributed by atoms with van der Waals surface area (Å²) in [5.74, 6) is 0. The molecule has 0 fully saturated rings. The highest BCUT2D eigenvalue weighted by atomic mass is 32.1. The van der Waals surface area contributed by atoms with Crippen LogP contribution in [0.3, 0.4) is 0 Å². The standard InChI is InChI=1S/C15H21NS/c1-5-6-16-9-14-12(4)13-8-10(2)7-11(3)15(13)17-14/h7-8,16H,5-6,9H2,1-4H3. The van der Waals surface area contributed by atoms with Gasteiger partial charge in [-0.1, -0.05) is 24.6 Å². The summed E-state index contributed by atoms with van der Waals surface area (Å²) < 4.78 is 1.46. The van der Waals surface area contributed by atoms with Crippen molar-refractivity contribution in [2.45, 2.75) is 40.7 Å². The van der Waals surface area contributed by atoms with E-state index in [0.717, 1.165) is 13.1 Å². The Kier molecular flexibility index (Phi) is 3.85. The molecule has 0 aliphatic carbocycles. The minimum atomic E-state index is 1.01. The van der Waals surface area contributed by atoms with Crippen molar-refractivity contribution < 1.29 is 0 Å². The molecule has 0 aliphatic heterocycles. The molecular formula is C15H21NS. The molecule has 0 saturated heterocycles. The second-order valence-electron chi connectivity index (χ2n) is 4.79. The van der Waals surface area contributed by atoms with Gasteiger partial charge in [0.15, 0.2) is 0 Å². The summed E-state index contributed by atoms with van der Waals surface area (Å²) in [7, 11) is 0. The molecule has 92 valence electrons. The lowest BCUT2D eigenvalue weighted by Gasteiger charge is -2.01. The van der Waals surface area contributed by atoms with Crippen LogP contribution >= 0.6 is 11.3 Å². The molecule has 0 saturated carbocycles. The predicted octanol–water partition coefficient (Wildman–Crippen LogP) is 4.33. The number of hydrogen-bond acceptors (Lipinski definition) is 2. The first-order valence-corrected chi connectivity index (χ1v) is 7.15. The number of rotatable bonds is 4. The number of nitrogens with one attached hydrogen (secondary N) is 1. The van der Waals surface area contributed by atoms with Crippen LogP contribution in [0.25, 0.3) is 10.1 Å². The van der Waals surface area contributed by atoms with E-state index in [1.54, 1.807) is 0 Å². The SMILES string of the molecule is CCCNCc1sc2c(C)cc(C)cc2c1C. The Labute approximate surface area is 108 Å². The van der Waals surface area contributed by atoms with E-state index in [1.807, 2.05) is 11.3 Å². The molecule has 1 aromatic carbocycles. The molecule has 0 bridgehead atoms. The van der Waals surface area contributed by atoms with Gasteiger partial charge >= 0.3 is 0 Å². The quantitative estimate of drug-likeness (QED) is 0.793. The van der Waals surface area contributed by atoms with Gasteiger partial charge in [0.2, 0.25) is 0 Å². The lowest BCUT2D eigenvalue weighted by atomic mass is 10.1. The zero-order valence-corrected chi connectivity index (χ0v) is 12.0. The van der Waals surface area contributed by atoms with E-state index >= 15 is 0 Å². The van der Waals surface area contributed by atoms with Crippen LogP contribution in [-0.2, 0) is 6.54 Å². The molecule has 0 spiro atoms. The summed E-state index contributed by atoms with van der Waals surface area (Å²) in [5.41, 5.74) is 4.24. The maximum atomic E-state index is 3.50. The number of benzene rings is 1. The van der Waals surface area contributed by atoms with Crippen LogP contribution in [0.5, 0.6) is 0 Å². The van der Waals surface area contributed by atoms with Crippen LogP contribution in [0.2, 0.25) is 0 Å². The van der Waals surface area contributed by atoms with E-state index in [-0.39, 0.29) is 0 Å². The highest BCUT2D eigenvalue weighted by Crippen LogP contribution is 2.33. The van der Waals surface area contributed by atoms with E-state index in [2.05, 4.69) is 45.1 Å². The molecule has 0 unspecified atom stereocenters. The van der Waals surface area contributed by atoms with Gasteiger partial charge in [0.05, 0.1) is 0 Å². The molecule has 0 atom stereocenters. The van der Waals surface area contributed by atoms with E-state index in [4.69, 9.17) is 0 Å². The Morgan fingerprint density at radius 1 is 1.18 bits per heavy atom. The summed E-state index contributed by atoms with van der Waals surface area (Å²) >= 11 is 1.95. The molecule has 1 aromatic heterocycles. The van der Waals surface area contributed by atoms with Gasteiger partial charge in [0, 0.05) is 16.1 Å². The molecule has 1 heterocycles. The van der Waals surface area contributed by atoms with Crippen molar-refractivity contribution in [1.29, 1.82) is 0 Å². The number of fused-ring (bicyclic) bond motifs is 1. The van der Waals surface area contributed by atoms with Crippen molar-refractivity contribution >= 4 is 21.4 Å². The van der Waals surface area contributed by atoms with E-state index in [1.165, 1.54) is 38.1 Å². The van der Waals surface area contributed by atoms with Crippen molar-refractivity contribution in [2.75, 3.05) is 6.54 Å². The van der Waals surface area contributed by atoms with E-state index < -0.39 is 0 Å². The third-order valence-electron chi connectivity index (χ3n) is 3.18. The number of aryl methyl sites for hydroxylation is 3. The summed E-state index contributed by atoms with van der Waals surface area (Å²) in [4.78, 5) is 1.49. The van der Waals surface area contributed by atoms with Crippen LogP contribution in [0, 0.1) is 20.8 Å². The molecule has 2 heteroatoms. The summed E-state index contributed by atoms with van der Waals surface area (Å²) in [6.07, 6.45) is 1.20. The first kappa shape index (κ1) is 12.6. The average molecular weight is 247 g/mol. The second kappa shape index (κ2) is 5.19. The Bertz CT molecular complexity index is 525. The van der Waals surface area contributed by atoms with Crippen LogP contribution in [-0.4, -0.2) is 6.54 Å².